The molecule has 1 aromatic carbocycles. The van der Waals surface area contributed by atoms with Crippen LogP contribution in [0.4, 0.5) is 5.69 Å². The Morgan fingerprint density at radius 2 is 2.14 bits per heavy atom. The third kappa shape index (κ3) is 3.72. The molecule has 1 saturated heterocycles. The highest BCUT2D eigenvalue weighted by molar-refractivity contribution is 7.99. The molecule has 0 saturated carbocycles. The van der Waals surface area contributed by atoms with Gasteiger partial charge in [0.2, 0.25) is 0 Å². The number of nitrogens with one attached hydrogen (secondary N) is 1. The number of anilines is 1. The van der Waals surface area contributed by atoms with Crippen molar-refractivity contribution in [1.29, 1.82) is 0 Å². The second-order valence-corrected chi connectivity index (χ2v) is 6.73. The van der Waals surface area contributed by atoms with Gasteiger partial charge in [-0.1, -0.05) is 12.1 Å². The van der Waals surface area contributed by atoms with Crippen molar-refractivity contribution in [1.82, 2.24) is 4.90 Å². The minimum atomic E-state index is -0.141. The van der Waals surface area contributed by atoms with Crippen molar-refractivity contribution in [2.75, 3.05) is 29.9 Å². The lowest BCUT2D eigenvalue weighted by molar-refractivity contribution is 0.102. The average Bonchev–Trinajstić information content (AvgIpc) is 3.05. The molecule has 0 spiro atoms. The van der Waals surface area contributed by atoms with Crippen LogP contribution in [-0.4, -0.2) is 35.4 Å². The minimum absolute atomic E-state index is 0.141. The Hall–Kier alpha value is -1.72. The molecule has 5 heteroatoms. The summed E-state index contributed by atoms with van der Waals surface area (Å²) in [7, 11) is 0. The molecule has 3 rings (SSSR count). The van der Waals surface area contributed by atoms with E-state index in [0.717, 1.165) is 30.9 Å². The fraction of sp³-hybridized carbons (Fsp3) is 0.353. The Kier molecular flexibility index (Phi) is 4.85. The van der Waals surface area contributed by atoms with E-state index in [9.17, 15) is 4.79 Å². The van der Waals surface area contributed by atoms with E-state index in [1.54, 1.807) is 6.07 Å². The van der Waals surface area contributed by atoms with Crippen molar-refractivity contribution in [2.24, 2.45) is 0 Å². The molecule has 1 aliphatic heterocycles. The van der Waals surface area contributed by atoms with Crippen LogP contribution < -0.4 is 5.32 Å². The van der Waals surface area contributed by atoms with Gasteiger partial charge in [0.25, 0.3) is 5.91 Å². The first kappa shape index (κ1) is 15.2. The summed E-state index contributed by atoms with van der Waals surface area (Å²) in [6, 6.07) is 7.90. The Bertz CT molecular complexity index is 634. The zero-order valence-electron chi connectivity index (χ0n) is 12.7. The molecular formula is C17H20N2O2S. The van der Waals surface area contributed by atoms with E-state index in [0.29, 0.717) is 5.56 Å². The maximum absolute atomic E-state index is 12.0. The van der Waals surface area contributed by atoms with Crippen LogP contribution in [0.2, 0.25) is 0 Å². The summed E-state index contributed by atoms with van der Waals surface area (Å²) in [5.74, 6) is 2.30. The van der Waals surface area contributed by atoms with Gasteiger partial charge in [-0.25, -0.2) is 0 Å². The van der Waals surface area contributed by atoms with Crippen molar-refractivity contribution < 1.29 is 9.21 Å². The second-order valence-electron chi connectivity index (χ2n) is 5.50. The predicted molar refractivity (Wildman–Crippen MR) is 90.4 cm³/mol. The number of amides is 1. The number of hydrogen-bond donors (Lipinski definition) is 1. The first-order valence-electron chi connectivity index (χ1n) is 7.45. The van der Waals surface area contributed by atoms with Gasteiger partial charge in [-0.15, -0.1) is 0 Å². The van der Waals surface area contributed by atoms with Gasteiger partial charge in [0.1, 0.15) is 6.26 Å². The van der Waals surface area contributed by atoms with E-state index in [1.807, 2.05) is 24.8 Å². The van der Waals surface area contributed by atoms with Gasteiger partial charge in [0.15, 0.2) is 0 Å². The molecule has 1 aliphatic rings. The molecule has 0 aliphatic carbocycles. The molecule has 0 radical (unpaired) electrons. The molecule has 0 bridgehead atoms. The van der Waals surface area contributed by atoms with Crippen LogP contribution in [0.25, 0.3) is 0 Å². The summed E-state index contributed by atoms with van der Waals surface area (Å²) in [5.41, 5.74) is 3.77. The molecule has 1 amide bonds. The molecule has 2 heterocycles. The van der Waals surface area contributed by atoms with E-state index in [1.165, 1.54) is 29.6 Å². The summed E-state index contributed by atoms with van der Waals surface area (Å²) >= 11 is 2.02. The third-order valence-electron chi connectivity index (χ3n) is 3.83. The van der Waals surface area contributed by atoms with Gasteiger partial charge >= 0.3 is 0 Å². The molecule has 4 nitrogen and oxygen atoms in total. The van der Waals surface area contributed by atoms with Crippen LogP contribution in [0.5, 0.6) is 0 Å². The molecular weight excluding hydrogens is 296 g/mol. The van der Waals surface area contributed by atoms with Gasteiger partial charge in [0, 0.05) is 36.8 Å². The van der Waals surface area contributed by atoms with Crippen LogP contribution in [0.1, 0.15) is 21.5 Å². The first-order valence-corrected chi connectivity index (χ1v) is 8.61. The molecule has 116 valence electrons. The fourth-order valence-corrected chi connectivity index (χ4v) is 3.55. The number of carbonyl (C=O) groups excluding carboxylic acids is 1. The number of hydrogen-bond acceptors (Lipinski definition) is 4. The normalized spacial score (nSPS) is 15.7. The number of carbonyl (C=O) groups is 1. The highest BCUT2D eigenvalue weighted by atomic mass is 32.2. The second kappa shape index (κ2) is 7.03. The maximum Gasteiger partial charge on any atom is 0.258 e. The molecule has 1 fully saturated rings. The van der Waals surface area contributed by atoms with Crippen LogP contribution in [0.15, 0.2) is 41.2 Å². The highest BCUT2D eigenvalue weighted by Gasteiger charge is 2.12. The summed E-state index contributed by atoms with van der Waals surface area (Å²) < 4.78 is 4.94. The van der Waals surface area contributed by atoms with Crippen LogP contribution in [0.3, 0.4) is 0 Å². The van der Waals surface area contributed by atoms with E-state index < -0.39 is 0 Å². The summed E-state index contributed by atoms with van der Waals surface area (Å²) in [4.78, 5) is 14.5. The largest absolute Gasteiger partial charge is 0.472 e. The van der Waals surface area contributed by atoms with Crippen molar-refractivity contribution in [3.05, 3.63) is 53.5 Å². The highest BCUT2D eigenvalue weighted by Crippen LogP contribution is 2.20. The van der Waals surface area contributed by atoms with Crippen molar-refractivity contribution in [3.63, 3.8) is 0 Å². The number of benzene rings is 1. The van der Waals surface area contributed by atoms with Crippen molar-refractivity contribution in [3.8, 4) is 0 Å². The topological polar surface area (TPSA) is 45.5 Å². The molecule has 0 atom stereocenters. The lowest BCUT2D eigenvalue weighted by Gasteiger charge is -2.26. The van der Waals surface area contributed by atoms with E-state index in [4.69, 9.17) is 4.42 Å². The Morgan fingerprint density at radius 1 is 1.32 bits per heavy atom. The van der Waals surface area contributed by atoms with E-state index >= 15 is 0 Å². The minimum Gasteiger partial charge on any atom is -0.472 e. The van der Waals surface area contributed by atoms with Crippen molar-refractivity contribution >= 4 is 23.4 Å². The molecule has 1 N–H and O–H groups in total. The number of thioether (sulfide) groups is 1. The molecule has 2 aromatic rings. The summed E-state index contributed by atoms with van der Waals surface area (Å²) in [5, 5.41) is 2.93. The van der Waals surface area contributed by atoms with Crippen LogP contribution in [-0.2, 0) is 6.54 Å². The quantitative estimate of drug-likeness (QED) is 0.939. The van der Waals surface area contributed by atoms with Gasteiger partial charge in [-0.05, 0) is 30.2 Å². The van der Waals surface area contributed by atoms with Gasteiger partial charge in [-0.2, -0.15) is 11.8 Å². The van der Waals surface area contributed by atoms with E-state index in [-0.39, 0.29) is 5.91 Å². The summed E-state index contributed by atoms with van der Waals surface area (Å²) in [6.07, 6.45) is 2.95. The standard InChI is InChI=1S/C17H20N2O2S/c1-13-10-14(11-19-5-8-22-9-6-19)2-3-16(13)18-17(20)15-4-7-21-12-15/h2-4,7,10,12H,5-6,8-9,11H2,1H3,(H,18,20). The fourth-order valence-electron chi connectivity index (χ4n) is 2.57. The number of furan rings is 1. The predicted octanol–water partition coefficient (Wildman–Crippen LogP) is 3.39. The molecule has 0 unspecified atom stereocenters. The third-order valence-corrected chi connectivity index (χ3v) is 4.77. The zero-order valence-corrected chi connectivity index (χ0v) is 13.5. The Balaban J connectivity index is 1.65. The maximum atomic E-state index is 12.0. The summed E-state index contributed by atoms with van der Waals surface area (Å²) in [6.45, 7) is 5.32. The number of aryl methyl sites for hydroxylation is 1. The first-order chi connectivity index (χ1) is 10.7. The van der Waals surface area contributed by atoms with E-state index in [2.05, 4.69) is 22.3 Å². The lowest BCUT2D eigenvalue weighted by Crippen LogP contribution is -2.31. The Morgan fingerprint density at radius 3 is 2.82 bits per heavy atom. The average molecular weight is 316 g/mol. The number of nitrogens with zero attached hydrogens (tertiary/aromatic N) is 1. The number of rotatable bonds is 4. The Labute approximate surface area is 134 Å². The van der Waals surface area contributed by atoms with Crippen LogP contribution in [0, 0.1) is 6.92 Å². The molecule has 1 aromatic heterocycles. The molecule has 22 heavy (non-hydrogen) atoms. The SMILES string of the molecule is Cc1cc(CN2CCSCC2)ccc1NC(=O)c1ccoc1. The monoisotopic (exact) mass is 316 g/mol. The smallest absolute Gasteiger partial charge is 0.258 e. The lowest BCUT2D eigenvalue weighted by atomic mass is 10.1. The van der Waals surface area contributed by atoms with Gasteiger partial charge in [-0.3, -0.25) is 9.69 Å². The van der Waals surface area contributed by atoms with Gasteiger partial charge < -0.3 is 9.73 Å². The zero-order chi connectivity index (χ0) is 15.4. The van der Waals surface area contributed by atoms with Gasteiger partial charge in [0.05, 0.1) is 11.8 Å². The van der Waals surface area contributed by atoms with Crippen molar-refractivity contribution in [2.45, 2.75) is 13.5 Å². The van der Waals surface area contributed by atoms with Crippen LogP contribution >= 0.6 is 11.8 Å².